The summed E-state index contributed by atoms with van der Waals surface area (Å²) < 4.78 is 6.56. The maximum absolute atomic E-state index is 9.10. The van der Waals surface area contributed by atoms with Crippen LogP contribution < -0.4 is 4.74 Å². The average molecular weight is 318 g/mol. The van der Waals surface area contributed by atoms with Gasteiger partial charge in [0.25, 0.3) is 0 Å². The highest BCUT2D eigenvalue weighted by Crippen LogP contribution is 2.29. The molecule has 0 amide bonds. The minimum atomic E-state index is -0.0240. The number of hydrogen-bond acceptors (Lipinski definition) is 3. The second kappa shape index (κ2) is 5.87. The SMILES string of the molecule is Cc1ccc(C#N)cc1Oc1ccc(CO)c(Br)c1. The first kappa shape index (κ1) is 13.6. The van der Waals surface area contributed by atoms with Crippen molar-refractivity contribution in [3.05, 3.63) is 57.6 Å². The molecule has 19 heavy (non-hydrogen) atoms. The van der Waals surface area contributed by atoms with Crippen molar-refractivity contribution in [1.82, 2.24) is 0 Å². The van der Waals surface area contributed by atoms with E-state index in [1.165, 1.54) is 0 Å². The molecule has 0 aliphatic rings. The van der Waals surface area contributed by atoms with Crippen molar-refractivity contribution >= 4 is 15.9 Å². The molecule has 1 N–H and O–H groups in total. The normalized spacial score (nSPS) is 10.0. The molecule has 0 aromatic heterocycles. The second-order valence-electron chi connectivity index (χ2n) is 4.11. The van der Waals surface area contributed by atoms with Gasteiger partial charge in [-0.1, -0.05) is 28.1 Å². The standard InChI is InChI=1S/C15H12BrNO2/c1-10-2-3-11(8-17)6-15(10)19-13-5-4-12(9-18)14(16)7-13/h2-7,18H,9H2,1H3. The van der Waals surface area contributed by atoms with Gasteiger partial charge in [-0.25, -0.2) is 0 Å². The lowest BCUT2D eigenvalue weighted by atomic mass is 10.1. The Bertz CT molecular complexity index is 647. The first-order chi connectivity index (χ1) is 9.13. The first-order valence-electron chi connectivity index (χ1n) is 5.72. The van der Waals surface area contributed by atoms with Crippen LogP contribution in [0, 0.1) is 18.3 Å². The summed E-state index contributed by atoms with van der Waals surface area (Å²) in [5, 5.41) is 18.0. The molecule has 0 radical (unpaired) electrons. The van der Waals surface area contributed by atoms with Gasteiger partial charge in [0, 0.05) is 4.47 Å². The Morgan fingerprint density at radius 1 is 1.26 bits per heavy atom. The van der Waals surface area contributed by atoms with Crippen molar-refractivity contribution in [3.63, 3.8) is 0 Å². The van der Waals surface area contributed by atoms with E-state index in [1.807, 2.05) is 13.0 Å². The largest absolute Gasteiger partial charge is 0.457 e. The van der Waals surface area contributed by atoms with E-state index < -0.39 is 0 Å². The molecule has 0 heterocycles. The smallest absolute Gasteiger partial charge is 0.131 e. The molecule has 2 rings (SSSR count). The van der Waals surface area contributed by atoms with E-state index in [2.05, 4.69) is 22.0 Å². The fourth-order valence-electron chi connectivity index (χ4n) is 1.63. The van der Waals surface area contributed by atoms with Gasteiger partial charge in [0.1, 0.15) is 11.5 Å². The minimum Gasteiger partial charge on any atom is -0.457 e. The van der Waals surface area contributed by atoms with Crippen LogP contribution in [0.1, 0.15) is 16.7 Å². The zero-order chi connectivity index (χ0) is 13.8. The Labute approximate surface area is 120 Å². The number of aliphatic hydroxyl groups is 1. The molecule has 0 bridgehead atoms. The first-order valence-corrected chi connectivity index (χ1v) is 6.51. The number of hydrogen-bond donors (Lipinski definition) is 1. The molecule has 2 aromatic carbocycles. The van der Waals surface area contributed by atoms with Crippen molar-refractivity contribution in [2.24, 2.45) is 0 Å². The van der Waals surface area contributed by atoms with Gasteiger partial charge in [-0.15, -0.1) is 0 Å². The van der Waals surface area contributed by atoms with Gasteiger partial charge in [-0.3, -0.25) is 0 Å². The number of ether oxygens (including phenoxy) is 1. The van der Waals surface area contributed by atoms with E-state index in [9.17, 15) is 0 Å². The third-order valence-corrected chi connectivity index (χ3v) is 3.48. The van der Waals surface area contributed by atoms with Crippen molar-refractivity contribution < 1.29 is 9.84 Å². The Morgan fingerprint density at radius 3 is 2.68 bits per heavy atom. The zero-order valence-electron chi connectivity index (χ0n) is 10.4. The van der Waals surface area contributed by atoms with Gasteiger partial charge in [-0.05, 0) is 42.3 Å². The highest BCUT2D eigenvalue weighted by atomic mass is 79.9. The number of halogens is 1. The van der Waals surface area contributed by atoms with Crippen molar-refractivity contribution in [1.29, 1.82) is 5.26 Å². The molecule has 4 heteroatoms. The lowest BCUT2D eigenvalue weighted by Gasteiger charge is -2.10. The van der Waals surface area contributed by atoms with Crippen molar-refractivity contribution in [2.75, 3.05) is 0 Å². The van der Waals surface area contributed by atoms with Crippen LogP contribution in [-0.4, -0.2) is 5.11 Å². The third-order valence-electron chi connectivity index (χ3n) is 2.74. The number of rotatable bonds is 3. The van der Waals surface area contributed by atoms with Gasteiger partial charge in [0.15, 0.2) is 0 Å². The number of aryl methyl sites for hydroxylation is 1. The van der Waals surface area contributed by atoms with Crippen LogP contribution in [0.25, 0.3) is 0 Å². The summed E-state index contributed by atoms with van der Waals surface area (Å²) in [5.41, 5.74) is 2.32. The molecule has 0 aliphatic heterocycles. The second-order valence-corrected chi connectivity index (χ2v) is 4.96. The van der Waals surface area contributed by atoms with Crippen LogP contribution in [0.15, 0.2) is 40.9 Å². The van der Waals surface area contributed by atoms with Gasteiger partial charge >= 0.3 is 0 Å². The number of benzene rings is 2. The number of aliphatic hydroxyl groups excluding tert-OH is 1. The molecular formula is C15H12BrNO2. The topological polar surface area (TPSA) is 53.2 Å². The summed E-state index contributed by atoms with van der Waals surface area (Å²) in [6.45, 7) is 1.90. The fourth-order valence-corrected chi connectivity index (χ4v) is 2.11. The summed E-state index contributed by atoms with van der Waals surface area (Å²) >= 11 is 3.37. The monoisotopic (exact) mass is 317 g/mol. The quantitative estimate of drug-likeness (QED) is 0.933. The minimum absolute atomic E-state index is 0.0240. The van der Waals surface area contributed by atoms with Crippen LogP contribution in [0.5, 0.6) is 11.5 Å². The van der Waals surface area contributed by atoms with Crippen molar-refractivity contribution in [3.8, 4) is 17.6 Å². The number of nitrogens with zero attached hydrogens (tertiary/aromatic N) is 1. The maximum atomic E-state index is 9.10. The van der Waals surface area contributed by atoms with E-state index in [-0.39, 0.29) is 6.61 Å². The third kappa shape index (κ3) is 3.14. The van der Waals surface area contributed by atoms with Crippen LogP contribution >= 0.6 is 15.9 Å². The molecular weight excluding hydrogens is 306 g/mol. The summed E-state index contributed by atoms with van der Waals surface area (Å²) in [6.07, 6.45) is 0. The summed E-state index contributed by atoms with van der Waals surface area (Å²) in [6, 6.07) is 12.8. The summed E-state index contributed by atoms with van der Waals surface area (Å²) in [7, 11) is 0. The van der Waals surface area contributed by atoms with E-state index in [4.69, 9.17) is 15.1 Å². The van der Waals surface area contributed by atoms with Gasteiger partial charge in [-0.2, -0.15) is 5.26 Å². The molecule has 0 aliphatic carbocycles. The van der Waals surface area contributed by atoms with E-state index in [0.29, 0.717) is 17.1 Å². The molecule has 0 saturated heterocycles. The summed E-state index contributed by atoms with van der Waals surface area (Å²) in [4.78, 5) is 0. The Morgan fingerprint density at radius 2 is 2.05 bits per heavy atom. The van der Waals surface area contributed by atoms with Gasteiger partial charge in [0.05, 0.1) is 18.2 Å². The van der Waals surface area contributed by atoms with Gasteiger partial charge in [0.2, 0.25) is 0 Å². The van der Waals surface area contributed by atoms with Crippen LogP contribution in [0.2, 0.25) is 0 Å². The maximum Gasteiger partial charge on any atom is 0.131 e. The molecule has 0 unspecified atom stereocenters. The molecule has 96 valence electrons. The zero-order valence-corrected chi connectivity index (χ0v) is 11.9. The predicted octanol–water partition coefficient (Wildman–Crippen LogP) is 3.91. The van der Waals surface area contributed by atoms with E-state index in [1.54, 1.807) is 30.3 Å². The molecule has 0 atom stereocenters. The molecule has 0 spiro atoms. The number of nitriles is 1. The fraction of sp³-hybridized carbons (Fsp3) is 0.133. The Kier molecular flexibility index (Phi) is 4.20. The van der Waals surface area contributed by atoms with Crippen molar-refractivity contribution in [2.45, 2.75) is 13.5 Å². The highest BCUT2D eigenvalue weighted by Gasteiger charge is 2.05. The van der Waals surface area contributed by atoms with E-state index >= 15 is 0 Å². The summed E-state index contributed by atoms with van der Waals surface area (Å²) in [5.74, 6) is 1.31. The van der Waals surface area contributed by atoms with Crippen LogP contribution in [-0.2, 0) is 6.61 Å². The Hall–Kier alpha value is -1.83. The van der Waals surface area contributed by atoms with E-state index in [0.717, 1.165) is 15.6 Å². The highest BCUT2D eigenvalue weighted by molar-refractivity contribution is 9.10. The van der Waals surface area contributed by atoms with Gasteiger partial charge < -0.3 is 9.84 Å². The molecule has 0 fully saturated rings. The van der Waals surface area contributed by atoms with Crippen LogP contribution in [0.3, 0.4) is 0 Å². The molecule has 0 saturated carbocycles. The lowest BCUT2D eigenvalue weighted by molar-refractivity contribution is 0.281. The van der Waals surface area contributed by atoms with Crippen LogP contribution in [0.4, 0.5) is 0 Å². The lowest BCUT2D eigenvalue weighted by Crippen LogP contribution is -1.91. The average Bonchev–Trinajstić information content (AvgIpc) is 2.41. The molecule has 3 nitrogen and oxygen atoms in total. The molecule has 2 aromatic rings. The Balaban J connectivity index is 2.31. The predicted molar refractivity (Wildman–Crippen MR) is 76.0 cm³/mol.